The molecule has 1 N–H and O–H groups in total. The molecular weight excluding hydrogens is 256 g/mol. The van der Waals surface area contributed by atoms with E-state index in [1.807, 2.05) is 24.3 Å². The van der Waals surface area contributed by atoms with Crippen LogP contribution in [0.1, 0.15) is 37.8 Å². The molecule has 0 amide bonds. The molecule has 3 heteroatoms. The van der Waals surface area contributed by atoms with E-state index in [0.29, 0.717) is 0 Å². The molecule has 0 radical (unpaired) electrons. The van der Waals surface area contributed by atoms with Crippen LogP contribution in [0.2, 0.25) is 0 Å². The molecule has 0 saturated carbocycles. The molecule has 0 fully saturated rings. The fourth-order valence-electron chi connectivity index (χ4n) is 1.31. The van der Waals surface area contributed by atoms with Gasteiger partial charge in [-0.15, -0.1) is 0 Å². The molecule has 1 atom stereocenters. The summed E-state index contributed by atoms with van der Waals surface area (Å²) in [5.41, 5.74) is 1.98. The summed E-state index contributed by atoms with van der Waals surface area (Å²) in [5.74, 6) is -1.24. The molecule has 0 bridgehead atoms. The normalized spacial score (nSPS) is 13.6. The summed E-state index contributed by atoms with van der Waals surface area (Å²) in [5, 5.41) is 8.86. The lowest BCUT2D eigenvalue weighted by atomic mass is 9.96. The highest BCUT2D eigenvalue weighted by Gasteiger charge is 2.17. The largest absolute Gasteiger partial charge is 0.481 e. The van der Waals surface area contributed by atoms with Crippen LogP contribution in [0.15, 0.2) is 24.3 Å². The smallest absolute Gasteiger partial charge is 0.310 e. The number of carboxylic acids is 1. The monoisotopic (exact) mass is 270 g/mol. The number of carbonyl (C=O) groups is 1. The third kappa shape index (κ3) is 3.06. The van der Waals surface area contributed by atoms with E-state index < -0.39 is 11.9 Å². The Balaban J connectivity index is 2.95. The second kappa shape index (κ2) is 4.35. The first-order chi connectivity index (χ1) is 6.82. The van der Waals surface area contributed by atoms with Crippen LogP contribution in [0, 0.1) is 0 Å². The fraction of sp³-hybridized carbons (Fsp3) is 0.417. The van der Waals surface area contributed by atoms with Gasteiger partial charge in [-0.1, -0.05) is 40.2 Å². The molecule has 15 heavy (non-hydrogen) atoms. The highest BCUT2D eigenvalue weighted by molar-refractivity contribution is 9.09. The minimum Gasteiger partial charge on any atom is -0.481 e. The molecule has 0 saturated heterocycles. The van der Waals surface area contributed by atoms with Crippen molar-refractivity contribution in [1.82, 2.24) is 0 Å². The average Bonchev–Trinajstić information content (AvgIpc) is 2.15. The average molecular weight is 271 g/mol. The van der Waals surface area contributed by atoms with E-state index in [2.05, 4.69) is 29.8 Å². The molecule has 1 unspecified atom stereocenters. The number of rotatable bonds is 3. The number of aliphatic carboxylic acids is 1. The fourth-order valence-corrected chi connectivity index (χ4v) is 1.58. The van der Waals surface area contributed by atoms with Gasteiger partial charge in [-0.05, 0) is 31.9 Å². The minimum atomic E-state index is -0.791. The number of benzene rings is 1. The Hall–Kier alpha value is -0.830. The Morgan fingerprint density at radius 3 is 2.13 bits per heavy atom. The van der Waals surface area contributed by atoms with Crippen molar-refractivity contribution in [3.8, 4) is 0 Å². The molecule has 0 aliphatic carbocycles. The minimum absolute atomic E-state index is 0.0714. The first-order valence-corrected chi connectivity index (χ1v) is 5.64. The maximum atomic E-state index is 10.8. The molecule has 0 spiro atoms. The van der Waals surface area contributed by atoms with Crippen LogP contribution in [0.5, 0.6) is 0 Å². The van der Waals surface area contributed by atoms with Gasteiger partial charge in [0.05, 0.1) is 5.92 Å². The van der Waals surface area contributed by atoms with Crippen molar-refractivity contribution in [2.75, 3.05) is 0 Å². The Bertz CT molecular complexity index is 349. The van der Waals surface area contributed by atoms with E-state index in [1.165, 1.54) is 0 Å². The van der Waals surface area contributed by atoms with Gasteiger partial charge in [0, 0.05) is 4.32 Å². The van der Waals surface area contributed by atoms with E-state index in [4.69, 9.17) is 5.11 Å². The zero-order valence-corrected chi connectivity index (χ0v) is 10.7. The van der Waals surface area contributed by atoms with Crippen molar-refractivity contribution in [1.29, 1.82) is 0 Å². The van der Waals surface area contributed by atoms with Crippen molar-refractivity contribution in [2.45, 2.75) is 31.0 Å². The van der Waals surface area contributed by atoms with Crippen molar-refractivity contribution in [3.05, 3.63) is 35.4 Å². The second-order valence-corrected chi connectivity index (χ2v) is 6.14. The van der Waals surface area contributed by atoms with Crippen molar-refractivity contribution >= 4 is 21.9 Å². The third-order valence-electron chi connectivity index (χ3n) is 2.47. The molecule has 1 aromatic rings. The molecule has 1 rings (SSSR count). The summed E-state index contributed by atoms with van der Waals surface area (Å²) in [6, 6.07) is 7.67. The number of alkyl halides is 1. The van der Waals surface area contributed by atoms with Gasteiger partial charge in [0.1, 0.15) is 0 Å². The summed E-state index contributed by atoms with van der Waals surface area (Å²) in [6.07, 6.45) is 0. The number of halogens is 1. The zero-order valence-electron chi connectivity index (χ0n) is 9.12. The van der Waals surface area contributed by atoms with Gasteiger partial charge in [-0.2, -0.15) is 0 Å². The van der Waals surface area contributed by atoms with Crippen molar-refractivity contribution in [2.24, 2.45) is 0 Å². The van der Waals surface area contributed by atoms with Gasteiger partial charge in [-0.25, -0.2) is 0 Å². The second-order valence-electron chi connectivity index (χ2n) is 4.15. The van der Waals surface area contributed by atoms with E-state index >= 15 is 0 Å². The summed E-state index contributed by atoms with van der Waals surface area (Å²) in [4.78, 5) is 10.8. The number of carboxylic acid groups (broad SMARTS) is 1. The van der Waals surface area contributed by atoms with Crippen LogP contribution >= 0.6 is 15.9 Å². The highest BCUT2D eigenvalue weighted by atomic mass is 79.9. The lowest BCUT2D eigenvalue weighted by Crippen LogP contribution is -2.09. The van der Waals surface area contributed by atoms with Gasteiger partial charge in [-0.3, -0.25) is 4.79 Å². The van der Waals surface area contributed by atoms with Gasteiger partial charge in [0.15, 0.2) is 0 Å². The van der Waals surface area contributed by atoms with Crippen molar-refractivity contribution < 1.29 is 9.90 Å². The quantitative estimate of drug-likeness (QED) is 0.854. The number of hydrogen-bond donors (Lipinski definition) is 1. The molecule has 2 nitrogen and oxygen atoms in total. The molecule has 1 aromatic carbocycles. The van der Waals surface area contributed by atoms with Crippen LogP contribution < -0.4 is 0 Å². The van der Waals surface area contributed by atoms with E-state index in [1.54, 1.807) is 6.92 Å². The van der Waals surface area contributed by atoms with Crippen molar-refractivity contribution in [3.63, 3.8) is 0 Å². The summed E-state index contributed by atoms with van der Waals surface area (Å²) < 4.78 is -0.0714. The molecule has 0 heterocycles. The lowest BCUT2D eigenvalue weighted by molar-refractivity contribution is -0.138. The molecule has 0 aliphatic rings. The molecule has 82 valence electrons. The zero-order chi connectivity index (χ0) is 11.6. The van der Waals surface area contributed by atoms with Crippen LogP contribution in [0.25, 0.3) is 0 Å². The first kappa shape index (κ1) is 12.2. The Morgan fingerprint density at radius 2 is 1.80 bits per heavy atom. The van der Waals surface area contributed by atoms with Crippen LogP contribution in [-0.2, 0) is 9.12 Å². The van der Waals surface area contributed by atoms with E-state index in [-0.39, 0.29) is 4.32 Å². The SMILES string of the molecule is CC(C(=O)O)c1ccc(C(C)(C)Br)cc1. The van der Waals surface area contributed by atoms with Gasteiger partial charge >= 0.3 is 5.97 Å². The first-order valence-electron chi connectivity index (χ1n) is 4.84. The van der Waals surface area contributed by atoms with Crippen LogP contribution in [0.4, 0.5) is 0 Å². The van der Waals surface area contributed by atoms with E-state index in [0.717, 1.165) is 11.1 Å². The Labute approximate surface area is 98.4 Å². The van der Waals surface area contributed by atoms with Gasteiger partial charge in [0.25, 0.3) is 0 Å². The topological polar surface area (TPSA) is 37.3 Å². The lowest BCUT2D eigenvalue weighted by Gasteiger charge is -2.17. The van der Waals surface area contributed by atoms with E-state index in [9.17, 15) is 4.79 Å². The molecule has 0 aromatic heterocycles. The predicted molar refractivity (Wildman–Crippen MR) is 64.4 cm³/mol. The Morgan fingerprint density at radius 1 is 1.33 bits per heavy atom. The summed E-state index contributed by atoms with van der Waals surface area (Å²) in [7, 11) is 0. The van der Waals surface area contributed by atoms with Crippen LogP contribution in [-0.4, -0.2) is 11.1 Å². The maximum Gasteiger partial charge on any atom is 0.310 e. The van der Waals surface area contributed by atoms with Crippen LogP contribution in [0.3, 0.4) is 0 Å². The van der Waals surface area contributed by atoms with Gasteiger partial charge in [0.2, 0.25) is 0 Å². The molecular formula is C12H15BrO2. The highest BCUT2D eigenvalue weighted by Crippen LogP contribution is 2.30. The Kier molecular flexibility index (Phi) is 3.55. The predicted octanol–water partition coefficient (Wildman–Crippen LogP) is 3.50. The maximum absolute atomic E-state index is 10.8. The summed E-state index contributed by atoms with van der Waals surface area (Å²) in [6.45, 7) is 5.81. The molecule has 0 aliphatic heterocycles. The summed E-state index contributed by atoms with van der Waals surface area (Å²) >= 11 is 3.56. The standard InChI is InChI=1S/C12H15BrO2/c1-8(11(14)15)9-4-6-10(7-5-9)12(2,3)13/h4-8H,1-3H3,(H,14,15). The number of hydrogen-bond acceptors (Lipinski definition) is 1. The van der Waals surface area contributed by atoms with Gasteiger partial charge < -0.3 is 5.11 Å². The third-order valence-corrected chi connectivity index (χ3v) is 2.93.